The van der Waals surface area contributed by atoms with Gasteiger partial charge >= 0.3 is 0 Å². The minimum Gasteiger partial charge on any atom is -0.316 e. The molecule has 7 heteroatoms. The highest BCUT2D eigenvalue weighted by Gasteiger charge is 2.40. The number of H-pyrrole nitrogens is 1. The number of nitrogens with one attached hydrogen (secondary N) is 2. The Morgan fingerprint density at radius 3 is 2.76 bits per heavy atom. The van der Waals surface area contributed by atoms with E-state index < -0.39 is 10.0 Å². The zero-order valence-corrected chi connectivity index (χ0v) is 13.5. The highest BCUT2D eigenvalue weighted by molar-refractivity contribution is 7.89. The Hall–Kier alpha value is -0.920. The van der Waals surface area contributed by atoms with Crippen molar-refractivity contribution < 1.29 is 8.42 Å². The number of rotatable bonds is 2. The van der Waals surface area contributed by atoms with Crippen LogP contribution in [0, 0.1) is 19.8 Å². The fraction of sp³-hybridized carbons (Fsp3) is 0.786. The average Bonchev–Trinajstić information content (AvgIpc) is 2.66. The topological polar surface area (TPSA) is 78.1 Å². The minimum absolute atomic E-state index is 0.132. The van der Waals surface area contributed by atoms with E-state index in [1.54, 1.807) is 18.2 Å². The first kappa shape index (κ1) is 15.0. The Balaban J connectivity index is 1.97. The van der Waals surface area contributed by atoms with Gasteiger partial charge in [-0.25, -0.2) is 8.42 Å². The molecule has 1 aromatic rings. The number of aromatic amines is 1. The van der Waals surface area contributed by atoms with Gasteiger partial charge in [0.2, 0.25) is 10.0 Å². The molecule has 0 saturated carbocycles. The van der Waals surface area contributed by atoms with Gasteiger partial charge in [-0.05, 0) is 58.5 Å². The molecule has 2 N–H and O–H groups in total. The fourth-order valence-corrected chi connectivity index (χ4v) is 5.87. The smallest absolute Gasteiger partial charge is 0.246 e. The van der Waals surface area contributed by atoms with Crippen molar-refractivity contribution in [2.24, 2.45) is 5.92 Å². The van der Waals surface area contributed by atoms with E-state index in [9.17, 15) is 8.42 Å². The van der Waals surface area contributed by atoms with Gasteiger partial charge in [-0.2, -0.15) is 9.40 Å². The summed E-state index contributed by atoms with van der Waals surface area (Å²) in [7, 11) is -3.45. The van der Waals surface area contributed by atoms with Gasteiger partial charge in [0.1, 0.15) is 4.90 Å². The standard InChI is InChI=1S/C14H24N4O2S/c1-10-14(11(2)17-16-10)21(19,20)18-8-4-5-12-9-15-7-3-6-13(12)18/h12-13,15H,3-9H2,1-2H3,(H,16,17). The van der Waals surface area contributed by atoms with Crippen LogP contribution in [-0.2, 0) is 10.0 Å². The zero-order valence-electron chi connectivity index (χ0n) is 12.7. The molecule has 2 aliphatic rings. The van der Waals surface area contributed by atoms with Crippen molar-refractivity contribution in [3.05, 3.63) is 11.4 Å². The van der Waals surface area contributed by atoms with E-state index in [2.05, 4.69) is 15.5 Å². The summed E-state index contributed by atoms with van der Waals surface area (Å²) in [5.41, 5.74) is 1.21. The molecule has 118 valence electrons. The van der Waals surface area contributed by atoms with E-state index in [1.165, 1.54) is 0 Å². The van der Waals surface area contributed by atoms with E-state index in [1.807, 2.05) is 0 Å². The second-order valence-electron chi connectivity index (χ2n) is 6.19. The first-order valence-electron chi connectivity index (χ1n) is 7.76. The summed E-state index contributed by atoms with van der Waals surface area (Å²) in [4.78, 5) is 0.375. The molecule has 0 amide bonds. The lowest BCUT2D eigenvalue weighted by atomic mass is 9.89. The second kappa shape index (κ2) is 5.70. The largest absolute Gasteiger partial charge is 0.316 e. The van der Waals surface area contributed by atoms with Crippen LogP contribution in [0.25, 0.3) is 0 Å². The number of hydrogen-bond donors (Lipinski definition) is 2. The number of hydrogen-bond acceptors (Lipinski definition) is 4. The fourth-order valence-electron chi connectivity index (χ4n) is 3.78. The van der Waals surface area contributed by atoms with Gasteiger partial charge in [-0.1, -0.05) is 0 Å². The molecule has 0 bridgehead atoms. The molecular weight excluding hydrogens is 288 g/mol. The van der Waals surface area contributed by atoms with E-state index in [4.69, 9.17) is 0 Å². The number of piperidine rings is 1. The Labute approximate surface area is 126 Å². The molecule has 3 heterocycles. The summed E-state index contributed by atoms with van der Waals surface area (Å²) >= 11 is 0. The molecule has 2 saturated heterocycles. The van der Waals surface area contributed by atoms with Gasteiger partial charge in [0.25, 0.3) is 0 Å². The number of sulfonamides is 1. The zero-order chi connectivity index (χ0) is 15.0. The first-order valence-corrected chi connectivity index (χ1v) is 9.20. The molecule has 2 aliphatic heterocycles. The van der Waals surface area contributed by atoms with E-state index in [-0.39, 0.29) is 6.04 Å². The van der Waals surface area contributed by atoms with Gasteiger partial charge < -0.3 is 5.32 Å². The molecule has 0 spiro atoms. The third-order valence-electron chi connectivity index (χ3n) is 4.75. The van der Waals surface area contributed by atoms with Crippen LogP contribution < -0.4 is 5.32 Å². The number of aromatic nitrogens is 2. The van der Waals surface area contributed by atoms with Crippen molar-refractivity contribution in [2.75, 3.05) is 19.6 Å². The van der Waals surface area contributed by atoms with Crippen LogP contribution in [0.15, 0.2) is 4.90 Å². The van der Waals surface area contributed by atoms with E-state index >= 15 is 0 Å². The van der Waals surface area contributed by atoms with Crippen molar-refractivity contribution in [3.63, 3.8) is 0 Å². The predicted molar refractivity (Wildman–Crippen MR) is 80.6 cm³/mol. The normalized spacial score (nSPS) is 28.1. The summed E-state index contributed by atoms with van der Waals surface area (Å²) in [6.45, 7) is 6.09. The van der Waals surface area contributed by atoms with Crippen molar-refractivity contribution in [1.29, 1.82) is 0 Å². The molecule has 2 fully saturated rings. The molecular formula is C14H24N4O2S. The molecule has 3 rings (SSSR count). The summed E-state index contributed by atoms with van der Waals surface area (Å²) < 4.78 is 28.0. The van der Waals surface area contributed by atoms with Crippen LogP contribution in [0.1, 0.15) is 37.1 Å². The third-order valence-corrected chi connectivity index (χ3v) is 6.94. The number of aryl methyl sites for hydroxylation is 2. The second-order valence-corrected chi connectivity index (χ2v) is 8.02. The van der Waals surface area contributed by atoms with Crippen molar-refractivity contribution in [3.8, 4) is 0 Å². The predicted octanol–water partition coefficient (Wildman–Crippen LogP) is 1.18. The highest BCUT2D eigenvalue weighted by atomic mass is 32.2. The van der Waals surface area contributed by atoms with Crippen molar-refractivity contribution in [1.82, 2.24) is 19.8 Å². The van der Waals surface area contributed by atoms with Crippen LogP contribution in [-0.4, -0.2) is 48.6 Å². The molecule has 2 atom stereocenters. The highest BCUT2D eigenvalue weighted by Crippen LogP contribution is 2.33. The maximum Gasteiger partial charge on any atom is 0.246 e. The summed E-state index contributed by atoms with van der Waals surface area (Å²) in [6, 6.07) is 0.132. The number of nitrogens with zero attached hydrogens (tertiary/aromatic N) is 2. The van der Waals surface area contributed by atoms with Gasteiger partial charge in [0.15, 0.2) is 0 Å². The Morgan fingerprint density at radius 2 is 2.05 bits per heavy atom. The van der Waals surface area contributed by atoms with Crippen LogP contribution in [0.4, 0.5) is 0 Å². The van der Waals surface area contributed by atoms with Crippen molar-refractivity contribution >= 4 is 10.0 Å². The summed E-state index contributed by atoms with van der Waals surface area (Å²) in [5.74, 6) is 0.434. The lowest BCUT2D eigenvalue weighted by Crippen LogP contribution is -2.49. The van der Waals surface area contributed by atoms with Gasteiger partial charge in [0.05, 0.1) is 11.4 Å². The molecule has 0 aromatic carbocycles. The van der Waals surface area contributed by atoms with Crippen LogP contribution in [0.2, 0.25) is 0 Å². The van der Waals surface area contributed by atoms with Gasteiger partial charge in [-0.3, -0.25) is 5.10 Å². The van der Waals surface area contributed by atoms with Crippen LogP contribution >= 0.6 is 0 Å². The Bertz CT molecular complexity index is 591. The van der Waals surface area contributed by atoms with Gasteiger partial charge in [-0.15, -0.1) is 0 Å². The molecule has 2 unspecified atom stereocenters. The van der Waals surface area contributed by atoms with Crippen molar-refractivity contribution in [2.45, 2.75) is 50.5 Å². The monoisotopic (exact) mass is 312 g/mol. The summed E-state index contributed by atoms with van der Waals surface area (Å²) in [6.07, 6.45) is 4.05. The Kier molecular flexibility index (Phi) is 4.07. The SMILES string of the molecule is Cc1n[nH]c(C)c1S(=O)(=O)N1CCCC2CNCCCC21. The maximum atomic E-state index is 13.1. The lowest BCUT2D eigenvalue weighted by Gasteiger charge is -2.39. The minimum atomic E-state index is -3.45. The molecule has 0 radical (unpaired) electrons. The third kappa shape index (κ3) is 2.62. The molecule has 6 nitrogen and oxygen atoms in total. The quantitative estimate of drug-likeness (QED) is 0.859. The maximum absolute atomic E-state index is 13.1. The number of fused-ring (bicyclic) bond motifs is 1. The van der Waals surface area contributed by atoms with Crippen LogP contribution in [0.5, 0.6) is 0 Å². The molecule has 1 aromatic heterocycles. The Morgan fingerprint density at radius 1 is 1.24 bits per heavy atom. The van der Waals surface area contributed by atoms with Crippen LogP contribution in [0.3, 0.4) is 0 Å². The lowest BCUT2D eigenvalue weighted by molar-refractivity contribution is 0.173. The summed E-state index contributed by atoms with van der Waals surface area (Å²) in [5, 5.41) is 10.3. The van der Waals surface area contributed by atoms with E-state index in [0.717, 1.165) is 38.8 Å². The molecule has 21 heavy (non-hydrogen) atoms. The van der Waals surface area contributed by atoms with E-state index in [0.29, 0.717) is 28.7 Å². The molecule has 0 aliphatic carbocycles. The van der Waals surface area contributed by atoms with Gasteiger partial charge in [0, 0.05) is 12.6 Å². The average molecular weight is 312 g/mol. The first-order chi connectivity index (χ1) is 10.0.